The smallest absolute Gasteiger partial charge is 0.311 e. The van der Waals surface area contributed by atoms with Gasteiger partial charge in [0.2, 0.25) is 0 Å². The first-order chi connectivity index (χ1) is 11.8. The molecule has 0 aliphatic heterocycles. The number of methoxy groups -OCH3 is 1. The lowest BCUT2D eigenvalue weighted by atomic mass is 10.0. The summed E-state index contributed by atoms with van der Waals surface area (Å²) in [7, 11) is 1.27. The van der Waals surface area contributed by atoms with Gasteiger partial charge in [-0.1, -0.05) is 29.5 Å². The second kappa shape index (κ2) is 8.11. The number of hydrogen-bond acceptors (Lipinski definition) is 6. The first-order valence-electron chi connectivity index (χ1n) is 7.75. The van der Waals surface area contributed by atoms with E-state index in [-0.39, 0.29) is 17.8 Å². The third-order valence-corrected chi connectivity index (χ3v) is 4.63. The van der Waals surface area contributed by atoms with Crippen LogP contribution in [-0.2, 0) is 16.0 Å². The summed E-state index contributed by atoms with van der Waals surface area (Å²) in [5.41, 5.74) is 2.52. The van der Waals surface area contributed by atoms with Crippen LogP contribution in [0.4, 0.5) is 0 Å². The molecule has 1 aromatic carbocycles. The third-order valence-electron chi connectivity index (χ3n) is 3.64. The minimum atomic E-state index is -0.478. The molecule has 0 aliphatic carbocycles. The van der Waals surface area contributed by atoms with Crippen molar-refractivity contribution in [3.8, 4) is 0 Å². The summed E-state index contributed by atoms with van der Waals surface area (Å²) in [5, 5.41) is -0.130. The van der Waals surface area contributed by atoms with Crippen LogP contribution in [0, 0.1) is 13.8 Å². The van der Waals surface area contributed by atoms with Crippen LogP contribution in [0.5, 0.6) is 0 Å². The van der Waals surface area contributed by atoms with E-state index in [0.29, 0.717) is 16.4 Å². The van der Waals surface area contributed by atoms with Crippen molar-refractivity contribution in [1.29, 1.82) is 0 Å². The van der Waals surface area contributed by atoms with Gasteiger partial charge in [0.25, 0.3) is 5.56 Å². The fourth-order valence-corrected chi connectivity index (χ4v) is 3.19. The highest BCUT2D eigenvalue weighted by atomic mass is 32.2. The van der Waals surface area contributed by atoms with Crippen LogP contribution >= 0.6 is 11.8 Å². The Balaban J connectivity index is 2.21. The van der Waals surface area contributed by atoms with E-state index in [2.05, 4.69) is 14.7 Å². The molecule has 0 fully saturated rings. The number of nitrogens with one attached hydrogen (secondary N) is 1. The Hall–Kier alpha value is -2.41. The summed E-state index contributed by atoms with van der Waals surface area (Å²) in [6.45, 7) is 5.59. The number of carbonyl (C=O) groups excluding carboxylic acids is 2. The minimum absolute atomic E-state index is 0.0350. The van der Waals surface area contributed by atoms with Crippen LogP contribution in [0.25, 0.3) is 0 Å². The van der Waals surface area contributed by atoms with Crippen molar-refractivity contribution >= 4 is 23.5 Å². The Labute approximate surface area is 150 Å². The zero-order chi connectivity index (χ0) is 18.6. The van der Waals surface area contributed by atoms with E-state index in [1.54, 1.807) is 6.92 Å². The van der Waals surface area contributed by atoms with Gasteiger partial charge in [-0.05, 0) is 32.4 Å². The van der Waals surface area contributed by atoms with E-state index in [1.807, 2.05) is 32.0 Å². The molecule has 0 saturated heterocycles. The van der Waals surface area contributed by atoms with Gasteiger partial charge in [-0.2, -0.15) is 0 Å². The summed E-state index contributed by atoms with van der Waals surface area (Å²) in [4.78, 5) is 42.6. The summed E-state index contributed by atoms with van der Waals surface area (Å²) in [6.07, 6.45) is -0.0900. The number of ether oxygens (including phenoxy) is 1. The van der Waals surface area contributed by atoms with Crippen molar-refractivity contribution in [2.75, 3.05) is 7.11 Å². The van der Waals surface area contributed by atoms with E-state index in [9.17, 15) is 14.4 Å². The number of hydrogen-bond donors (Lipinski definition) is 1. The molecular weight excluding hydrogens is 340 g/mol. The van der Waals surface area contributed by atoms with E-state index in [1.165, 1.54) is 13.2 Å². The Morgan fingerprint density at radius 2 is 2.00 bits per heavy atom. The van der Waals surface area contributed by atoms with E-state index < -0.39 is 11.2 Å². The van der Waals surface area contributed by atoms with Gasteiger partial charge in [0.1, 0.15) is 0 Å². The van der Waals surface area contributed by atoms with Crippen LogP contribution < -0.4 is 5.56 Å². The lowest BCUT2D eigenvalue weighted by Gasteiger charge is -2.12. The largest absolute Gasteiger partial charge is 0.469 e. The van der Waals surface area contributed by atoms with Gasteiger partial charge in [0, 0.05) is 11.6 Å². The van der Waals surface area contributed by atoms with Crippen LogP contribution in [0.3, 0.4) is 0 Å². The lowest BCUT2D eigenvalue weighted by molar-refractivity contribution is -0.139. The first kappa shape index (κ1) is 18.9. The molecule has 0 bridgehead atoms. The molecule has 0 unspecified atom stereocenters. The number of H-pyrrole nitrogens is 1. The molecule has 1 atom stereocenters. The maximum atomic E-state index is 12.7. The Kier molecular flexibility index (Phi) is 6.14. The molecule has 0 saturated carbocycles. The SMILES string of the molecule is COC(=O)Cc1cc(=O)[nH]c(S[C@H](C)C(=O)c2cc(C)ccc2C)n1. The number of carbonyl (C=O) groups is 2. The standard InChI is InChI=1S/C18H20N2O4S/c1-10-5-6-11(2)14(7-10)17(23)12(3)25-18-19-13(8-15(21)20-18)9-16(22)24-4/h5-8,12H,9H2,1-4H3,(H,19,20,21)/t12-/m1/s1. The second-order valence-electron chi connectivity index (χ2n) is 5.74. The maximum Gasteiger partial charge on any atom is 0.311 e. The van der Waals surface area contributed by atoms with E-state index in [4.69, 9.17) is 0 Å². The van der Waals surface area contributed by atoms with Gasteiger partial charge in [-0.25, -0.2) is 4.98 Å². The molecule has 0 amide bonds. The molecule has 6 nitrogen and oxygen atoms in total. The number of rotatable bonds is 6. The van der Waals surface area contributed by atoms with Gasteiger partial charge in [-0.15, -0.1) is 0 Å². The van der Waals surface area contributed by atoms with Crippen molar-refractivity contribution < 1.29 is 14.3 Å². The van der Waals surface area contributed by atoms with Crippen molar-refractivity contribution in [2.24, 2.45) is 0 Å². The molecule has 7 heteroatoms. The minimum Gasteiger partial charge on any atom is -0.469 e. The number of ketones is 1. The number of aryl methyl sites for hydroxylation is 2. The predicted molar refractivity (Wildman–Crippen MR) is 96.1 cm³/mol. The molecule has 0 aliphatic rings. The van der Waals surface area contributed by atoms with Gasteiger partial charge in [0.15, 0.2) is 10.9 Å². The highest BCUT2D eigenvalue weighted by Gasteiger charge is 2.20. The molecule has 0 spiro atoms. The van der Waals surface area contributed by atoms with Gasteiger partial charge < -0.3 is 9.72 Å². The number of aromatic amines is 1. The summed E-state index contributed by atoms with van der Waals surface area (Å²) < 4.78 is 4.58. The number of esters is 1. The van der Waals surface area contributed by atoms with Crippen molar-refractivity contribution in [1.82, 2.24) is 9.97 Å². The average Bonchev–Trinajstić information content (AvgIpc) is 2.55. The molecule has 2 rings (SSSR count). The topological polar surface area (TPSA) is 89.1 Å². The van der Waals surface area contributed by atoms with Crippen LogP contribution in [0.15, 0.2) is 34.2 Å². The van der Waals surface area contributed by atoms with E-state index in [0.717, 1.165) is 22.9 Å². The monoisotopic (exact) mass is 360 g/mol. The van der Waals surface area contributed by atoms with Crippen LogP contribution in [0.2, 0.25) is 0 Å². The van der Waals surface area contributed by atoms with Gasteiger partial charge in [0.05, 0.1) is 24.5 Å². The number of benzene rings is 1. The van der Waals surface area contributed by atoms with Gasteiger partial charge >= 0.3 is 5.97 Å². The average molecular weight is 360 g/mol. The highest BCUT2D eigenvalue weighted by molar-refractivity contribution is 8.00. The molecule has 0 radical (unpaired) electrons. The van der Waals surface area contributed by atoms with Crippen molar-refractivity contribution in [2.45, 2.75) is 37.6 Å². The Morgan fingerprint density at radius 1 is 1.28 bits per heavy atom. The van der Waals surface area contributed by atoms with Crippen molar-refractivity contribution in [3.63, 3.8) is 0 Å². The zero-order valence-electron chi connectivity index (χ0n) is 14.6. The van der Waals surface area contributed by atoms with Crippen molar-refractivity contribution in [3.05, 3.63) is 57.0 Å². The summed E-state index contributed by atoms with van der Waals surface area (Å²) in [6, 6.07) is 6.98. The number of aromatic nitrogens is 2. The summed E-state index contributed by atoms with van der Waals surface area (Å²) in [5.74, 6) is -0.513. The molecular formula is C18H20N2O4S. The number of Topliss-reactive ketones (excluding diaryl/α,β-unsaturated/α-hetero) is 1. The fourth-order valence-electron chi connectivity index (χ4n) is 2.29. The number of nitrogens with zero attached hydrogens (tertiary/aromatic N) is 1. The molecule has 25 heavy (non-hydrogen) atoms. The third kappa shape index (κ3) is 5.03. The Bertz CT molecular complexity index is 860. The molecule has 132 valence electrons. The second-order valence-corrected chi connectivity index (χ2v) is 7.07. The highest BCUT2D eigenvalue weighted by Crippen LogP contribution is 2.24. The van der Waals surface area contributed by atoms with Gasteiger partial charge in [-0.3, -0.25) is 14.4 Å². The predicted octanol–water partition coefficient (Wildman–Crippen LogP) is 2.47. The molecule has 1 N–H and O–H groups in total. The maximum absolute atomic E-state index is 12.7. The molecule has 1 aromatic heterocycles. The Morgan fingerprint density at radius 3 is 2.68 bits per heavy atom. The van der Waals surface area contributed by atoms with Crippen LogP contribution in [-0.4, -0.2) is 34.1 Å². The quantitative estimate of drug-likeness (QED) is 0.368. The summed E-state index contributed by atoms with van der Waals surface area (Å²) >= 11 is 1.16. The zero-order valence-corrected chi connectivity index (χ0v) is 15.4. The fraction of sp³-hybridized carbons (Fsp3) is 0.333. The van der Waals surface area contributed by atoms with E-state index >= 15 is 0 Å². The molecule has 1 heterocycles. The lowest BCUT2D eigenvalue weighted by Crippen LogP contribution is -2.18. The normalized spacial score (nSPS) is 11.8. The number of thioether (sulfide) groups is 1. The first-order valence-corrected chi connectivity index (χ1v) is 8.63. The molecule has 2 aromatic rings. The van der Waals surface area contributed by atoms with Crippen LogP contribution in [0.1, 0.15) is 34.1 Å².